The Labute approximate surface area is 150 Å². The summed E-state index contributed by atoms with van der Waals surface area (Å²) in [5, 5.41) is 2.63. The average molecular weight is 340 g/mol. The van der Waals surface area contributed by atoms with E-state index in [2.05, 4.69) is 24.4 Å². The second kappa shape index (κ2) is 20.1. The van der Waals surface area contributed by atoms with E-state index in [1.807, 2.05) is 6.92 Å². The normalized spacial score (nSPS) is 11.1. The van der Waals surface area contributed by atoms with Crippen LogP contribution in [-0.4, -0.2) is 19.2 Å². The smallest absolute Gasteiger partial charge is 0.407 e. The summed E-state index contributed by atoms with van der Waals surface area (Å²) in [7, 11) is 0. The van der Waals surface area contributed by atoms with Gasteiger partial charge in [0.05, 0.1) is 6.61 Å². The molecule has 0 unspecified atom stereocenters. The minimum absolute atomic E-state index is 0.287. The van der Waals surface area contributed by atoms with E-state index in [4.69, 9.17) is 4.74 Å². The summed E-state index contributed by atoms with van der Waals surface area (Å²) in [5.74, 6) is 0. The van der Waals surface area contributed by atoms with E-state index in [-0.39, 0.29) is 6.09 Å². The lowest BCUT2D eigenvalue weighted by atomic mass is 10.1. The highest BCUT2D eigenvalue weighted by atomic mass is 16.5. The van der Waals surface area contributed by atoms with Crippen molar-refractivity contribution in [2.75, 3.05) is 13.2 Å². The van der Waals surface area contributed by atoms with Crippen molar-refractivity contribution in [2.24, 2.45) is 0 Å². The zero-order chi connectivity index (χ0) is 17.7. The molecule has 0 aliphatic heterocycles. The Morgan fingerprint density at radius 3 is 1.79 bits per heavy atom. The standard InChI is InChI=1S/C21H41NO2/c1-3-5-6-7-8-9-10-11-12-13-14-15-16-17-18-19-20-24-21(23)22-4-2/h11-12H,3-10,13-20H2,1-2H3,(H,22,23)/b12-11-. The number of hydrogen-bond donors (Lipinski definition) is 1. The average Bonchev–Trinajstić information content (AvgIpc) is 2.58. The summed E-state index contributed by atoms with van der Waals surface area (Å²) in [6.45, 7) is 5.34. The number of ether oxygens (including phenoxy) is 1. The third-order valence-corrected chi connectivity index (χ3v) is 4.21. The van der Waals surface area contributed by atoms with Crippen molar-refractivity contribution in [1.82, 2.24) is 5.32 Å². The van der Waals surface area contributed by atoms with Gasteiger partial charge in [-0.1, -0.05) is 76.9 Å². The fourth-order valence-electron chi connectivity index (χ4n) is 2.71. The first-order chi connectivity index (χ1) is 11.8. The van der Waals surface area contributed by atoms with Crippen LogP contribution in [0.5, 0.6) is 0 Å². The van der Waals surface area contributed by atoms with Crippen molar-refractivity contribution in [3.8, 4) is 0 Å². The van der Waals surface area contributed by atoms with Gasteiger partial charge in [0.15, 0.2) is 0 Å². The zero-order valence-corrected chi connectivity index (χ0v) is 16.3. The largest absolute Gasteiger partial charge is 0.450 e. The van der Waals surface area contributed by atoms with Crippen molar-refractivity contribution in [2.45, 2.75) is 104 Å². The third kappa shape index (κ3) is 19.1. The molecule has 0 aromatic heterocycles. The molecule has 142 valence electrons. The van der Waals surface area contributed by atoms with Gasteiger partial charge in [0.25, 0.3) is 0 Å². The van der Waals surface area contributed by atoms with Crippen LogP contribution in [0.1, 0.15) is 104 Å². The molecule has 0 aliphatic rings. The highest BCUT2D eigenvalue weighted by molar-refractivity contribution is 5.66. The number of hydrogen-bond acceptors (Lipinski definition) is 2. The third-order valence-electron chi connectivity index (χ3n) is 4.21. The molecule has 0 saturated heterocycles. The number of rotatable bonds is 17. The lowest BCUT2D eigenvalue weighted by molar-refractivity contribution is 0.144. The summed E-state index contributed by atoms with van der Waals surface area (Å²) in [6.07, 6.45) is 22.6. The van der Waals surface area contributed by atoms with Gasteiger partial charge in [-0.05, 0) is 39.0 Å². The maximum atomic E-state index is 11.1. The number of carbonyl (C=O) groups is 1. The molecule has 0 rings (SSSR count). The van der Waals surface area contributed by atoms with Crippen LogP contribution in [-0.2, 0) is 4.74 Å². The number of unbranched alkanes of at least 4 members (excludes halogenated alkanes) is 12. The van der Waals surface area contributed by atoms with Gasteiger partial charge >= 0.3 is 6.09 Å². The molecule has 0 aromatic carbocycles. The SMILES string of the molecule is CCCCCCCC/C=C\CCCCCCCCOC(=O)NCC. The van der Waals surface area contributed by atoms with Gasteiger partial charge in [-0.25, -0.2) is 4.79 Å². The molecule has 1 amide bonds. The van der Waals surface area contributed by atoms with Crippen molar-refractivity contribution >= 4 is 6.09 Å². The summed E-state index contributed by atoms with van der Waals surface area (Å²) in [6, 6.07) is 0. The van der Waals surface area contributed by atoms with Crippen LogP contribution in [0.3, 0.4) is 0 Å². The molecule has 0 atom stereocenters. The van der Waals surface area contributed by atoms with E-state index in [0.717, 1.165) is 12.8 Å². The predicted molar refractivity (Wildman–Crippen MR) is 104 cm³/mol. The molecule has 3 heteroatoms. The Balaban J connectivity index is 3.11. The van der Waals surface area contributed by atoms with E-state index < -0.39 is 0 Å². The van der Waals surface area contributed by atoms with Crippen molar-refractivity contribution < 1.29 is 9.53 Å². The lowest BCUT2D eigenvalue weighted by Crippen LogP contribution is -2.23. The molecule has 1 N–H and O–H groups in total. The van der Waals surface area contributed by atoms with Crippen LogP contribution in [0.25, 0.3) is 0 Å². The Hall–Kier alpha value is -0.990. The number of nitrogens with one attached hydrogen (secondary N) is 1. The molecule has 3 nitrogen and oxygen atoms in total. The Bertz CT molecular complexity index is 290. The molecule has 0 fully saturated rings. The van der Waals surface area contributed by atoms with E-state index in [1.165, 1.54) is 77.0 Å². The number of alkyl carbamates (subject to hydrolysis) is 1. The second-order valence-corrected chi connectivity index (χ2v) is 6.60. The first kappa shape index (κ1) is 23.0. The van der Waals surface area contributed by atoms with Gasteiger partial charge < -0.3 is 10.1 Å². The molecule has 0 heterocycles. The Kier molecular flexibility index (Phi) is 19.2. The molecule has 0 radical (unpaired) electrons. The molecule has 0 bridgehead atoms. The molecule has 24 heavy (non-hydrogen) atoms. The van der Waals surface area contributed by atoms with Gasteiger partial charge in [0.1, 0.15) is 0 Å². The monoisotopic (exact) mass is 339 g/mol. The van der Waals surface area contributed by atoms with Crippen LogP contribution >= 0.6 is 0 Å². The molecular weight excluding hydrogens is 298 g/mol. The fourth-order valence-corrected chi connectivity index (χ4v) is 2.71. The van der Waals surface area contributed by atoms with Crippen LogP contribution in [0.2, 0.25) is 0 Å². The lowest BCUT2D eigenvalue weighted by Gasteiger charge is -2.04. The van der Waals surface area contributed by atoms with E-state index in [1.54, 1.807) is 0 Å². The van der Waals surface area contributed by atoms with E-state index >= 15 is 0 Å². The first-order valence-corrected chi connectivity index (χ1v) is 10.4. The van der Waals surface area contributed by atoms with Gasteiger partial charge in [-0.2, -0.15) is 0 Å². The molecule has 0 aromatic rings. The van der Waals surface area contributed by atoms with Crippen LogP contribution < -0.4 is 5.32 Å². The summed E-state index contributed by atoms with van der Waals surface area (Å²) in [4.78, 5) is 11.1. The summed E-state index contributed by atoms with van der Waals surface area (Å²) < 4.78 is 5.04. The van der Waals surface area contributed by atoms with Gasteiger partial charge in [-0.3, -0.25) is 0 Å². The van der Waals surface area contributed by atoms with Crippen molar-refractivity contribution in [1.29, 1.82) is 0 Å². The van der Waals surface area contributed by atoms with Gasteiger partial charge in [0, 0.05) is 6.54 Å². The number of amides is 1. The number of allylic oxidation sites excluding steroid dienone is 2. The molecule has 0 saturated carbocycles. The first-order valence-electron chi connectivity index (χ1n) is 10.4. The Morgan fingerprint density at radius 1 is 0.750 bits per heavy atom. The fraction of sp³-hybridized carbons (Fsp3) is 0.857. The van der Waals surface area contributed by atoms with Crippen molar-refractivity contribution in [3.63, 3.8) is 0 Å². The Morgan fingerprint density at radius 2 is 1.25 bits per heavy atom. The van der Waals surface area contributed by atoms with Crippen LogP contribution in [0.15, 0.2) is 12.2 Å². The highest BCUT2D eigenvalue weighted by Gasteiger charge is 1.98. The minimum Gasteiger partial charge on any atom is -0.450 e. The van der Waals surface area contributed by atoms with E-state index in [9.17, 15) is 4.79 Å². The zero-order valence-electron chi connectivity index (χ0n) is 16.3. The number of carbonyl (C=O) groups excluding carboxylic acids is 1. The van der Waals surface area contributed by atoms with E-state index in [0.29, 0.717) is 13.2 Å². The van der Waals surface area contributed by atoms with Crippen LogP contribution in [0, 0.1) is 0 Å². The summed E-state index contributed by atoms with van der Waals surface area (Å²) >= 11 is 0. The minimum atomic E-state index is -0.287. The second-order valence-electron chi connectivity index (χ2n) is 6.60. The summed E-state index contributed by atoms with van der Waals surface area (Å²) in [5.41, 5.74) is 0. The predicted octanol–water partition coefficient (Wildman–Crippen LogP) is 6.77. The molecule has 0 aliphatic carbocycles. The highest BCUT2D eigenvalue weighted by Crippen LogP contribution is 2.09. The maximum absolute atomic E-state index is 11.1. The quantitative estimate of drug-likeness (QED) is 0.234. The molecule has 0 spiro atoms. The topological polar surface area (TPSA) is 38.3 Å². The maximum Gasteiger partial charge on any atom is 0.407 e. The van der Waals surface area contributed by atoms with Crippen LogP contribution in [0.4, 0.5) is 4.79 Å². The van der Waals surface area contributed by atoms with Crippen molar-refractivity contribution in [3.05, 3.63) is 12.2 Å². The van der Waals surface area contributed by atoms with Gasteiger partial charge in [0.2, 0.25) is 0 Å². The van der Waals surface area contributed by atoms with Gasteiger partial charge in [-0.15, -0.1) is 0 Å². The molecular formula is C21H41NO2.